The maximum absolute atomic E-state index is 13.2. The van der Waals surface area contributed by atoms with Crippen LogP contribution in [0.1, 0.15) is 43.2 Å². The fraction of sp³-hybridized carbons (Fsp3) is 0.609. The summed E-state index contributed by atoms with van der Waals surface area (Å²) in [7, 11) is 0. The molecule has 4 aliphatic rings. The lowest BCUT2D eigenvalue weighted by molar-refractivity contribution is -0.0152. The SMILES string of the molecule is Cc1ccc2c(=O)c3c(oc2c1)N1C[C@@H]2CCCN4CCC[C@@H]([C@H]24)[C@H]1CC3. The van der Waals surface area contributed by atoms with Crippen LogP contribution in [0.4, 0.5) is 5.88 Å². The fourth-order valence-corrected chi connectivity index (χ4v) is 6.67. The van der Waals surface area contributed by atoms with Crippen molar-refractivity contribution < 1.29 is 4.42 Å². The summed E-state index contributed by atoms with van der Waals surface area (Å²) in [6, 6.07) is 7.29. The molecule has 6 rings (SSSR count). The summed E-state index contributed by atoms with van der Waals surface area (Å²) in [5.41, 5.74) is 3.02. The Morgan fingerprint density at radius 3 is 2.85 bits per heavy atom. The van der Waals surface area contributed by atoms with Gasteiger partial charge in [0.05, 0.1) is 10.9 Å². The molecule has 27 heavy (non-hydrogen) atoms. The first-order valence-corrected chi connectivity index (χ1v) is 10.8. The van der Waals surface area contributed by atoms with Gasteiger partial charge in [0.15, 0.2) is 5.43 Å². The van der Waals surface area contributed by atoms with Gasteiger partial charge < -0.3 is 9.32 Å². The Morgan fingerprint density at radius 1 is 1.11 bits per heavy atom. The molecule has 1 aromatic carbocycles. The number of piperidine rings is 3. The van der Waals surface area contributed by atoms with E-state index in [-0.39, 0.29) is 5.43 Å². The molecule has 0 N–H and O–H groups in total. The van der Waals surface area contributed by atoms with Gasteiger partial charge in [0.1, 0.15) is 5.58 Å². The molecule has 0 radical (unpaired) electrons. The summed E-state index contributed by atoms with van der Waals surface area (Å²) < 4.78 is 6.45. The highest BCUT2D eigenvalue weighted by Gasteiger charge is 2.50. The van der Waals surface area contributed by atoms with Crippen LogP contribution in [-0.4, -0.2) is 36.6 Å². The molecule has 3 fully saturated rings. The number of anilines is 1. The monoisotopic (exact) mass is 364 g/mol. The van der Waals surface area contributed by atoms with Crippen LogP contribution in [0, 0.1) is 18.8 Å². The second-order valence-electron chi connectivity index (χ2n) is 9.21. The topological polar surface area (TPSA) is 36.7 Å². The average molecular weight is 364 g/mol. The van der Waals surface area contributed by atoms with E-state index >= 15 is 0 Å². The van der Waals surface area contributed by atoms with Crippen LogP contribution >= 0.6 is 0 Å². The summed E-state index contributed by atoms with van der Waals surface area (Å²) in [6.07, 6.45) is 7.29. The molecule has 0 amide bonds. The maximum Gasteiger partial charge on any atom is 0.203 e. The van der Waals surface area contributed by atoms with Crippen molar-refractivity contribution in [3.05, 3.63) is 39.5 Å². The van der Waals surface area contributed by atoms with Crippen molar-refractivity contribution in [3.63, 3.8) is 0 Å². The predicted octanol–water partition coefficient (Wildman–Crippen LogP) is 3.73. The molecular weight excluding hydrogens is 336 g/mol. The molecule has 0 unspecified atom stereocenters. The van der Waals surface area contributed by atoms with Crippen LogP contribution < -0.4 is 10.3 Å². The van der Waals surface area contributed by atoms with Crippen LogP contribution in [0.3, 0.4) is 0 Å². The van der Waals surface area contributed by atoms with Crippen LogP contribution in [-0.2, 0) is 6.42 Å². The Bertz CT molecular complexity index is 963. The molecule has 4 nitrogen and oxygen atoms in total. The Balaban J connectivity index is 1.48. The van der Waals surface area contributed by atoms with Gasteiger partial charge in [-0.2, -0.15) is 0 Å². The minimum absolute atomic E-state index is 0.195. The van der Waals surface area contributed by atoms with Gasteiger partial charge in [0.2, 0.25) is 5.88 Å². The molecule has 3 saturated heterocycles. The molecule has 5 heterocycles. The number of hydrogen-bond donors (Lipinski definition) is 0. The summed E-state index contributed by atoms with van der Waals surface area (Å²) >= 11 is 0. The quantitative estimate of drug-likeness (QED) is 0.714. The summed E-state index contributed by atoms with van der Waals surface area (Å²) in [6.45, 7) is 5.71. The van der Waals surface area contributed by atoms with Crippen molar-refractivity contribution in [1.82, 2.24) is 4.90 Å². The van der Waals surface area contributed by atoms with Crippen molar-refractivity contribution in [2.24, 2.45) is 11.8 Å². The second kappa shape index (κ2) is 5.84. The highest BCUT2D eigenvalue weighted by Crippen LogP contribution is 2.47. The molecule has 0 aliphatic carbocycles. The molecule has 4 atom stereocenters. The van der Waals surface area contributed by atoms with Gasteiger partial charge in [0.25, 0.3) is 0 Å². The molecule has 2 aromatic rings. The number of fused-ring (bicyclic) bond motifs is 5. The van der Waals surface area contributed by atoms with E-state index in [4.69, 9.17) is 4.42 Å². The van der Waals surface area contributed by atoms with Crippen molar-refractivity contribution in [1.29, 1.82) is 0 Å². The third-order valence-electron chi connectivity index (χ3n) is 7.74. The van der Waals surface area contributed by atoms with Crippen molar-refractivity contribution in [3.8, 4) is 0 Å². The van der Waals surface area contributed by atoms with Gasteiger partial charge in [0, 0.05) is 18.6 Å². The summed E-state index contributed by atoms with van der Waals surface area (Å²) in [5.74, 6) is 2.37. The average Bonchev–Trinajstić information content (AvgIpc) is 2.68. The van der Waals surface area contributed by atoms with E-state index < -0.39 is 0 Å². The van der Waals surface area contributed by atoms with Gasteiger partial charge in [-0.15, -0.1) is 0 Å². The number of rotatable bonds is 0. The highest BCUT2D eigenvalue weighted by molar-refractivity contribution is 5.80. The van der Waals surface area contributed by atoms with Crippen LogP contribution in [0.2, 0.25) is 0 Å². The van der Waals surface area contributed by atoms with Gasteiger partial charge in [-0.3, -0.25) is 9.69 Å². The molecule has 0 saturated carbocycles. The van der Waals surface area contributed by atoms with Crippen LogP contribution in [0.15, 0.2) is 27.4 Å². The Morgan fingerprint density at radius 2 is 1.96 bits per heavy atom. The smallest absolute Gasteiger partial charge is 0.203 e. The second-order valence-corrected chi connectivity index (χ2v) is 9.21. The molecule has 4 aliphatic heterocycles. The Labute approximate surface area is 160 Å². The zero-order valence-corrected chi connectivity index (χ0v) is 16.1. The zero-order chi connectivity index (χ0) is 18.1. The molecular formula is C23H28N2O2. The van der Waals surface area contributed by atoms with E-state index in [2.05, 4.69) is 16.7 Å². The molecule has 0 bridgehead atoms. The van der Waals surface area contributed by atoms with Gasteiger partial charge in [-0.25, -0.2) is 0 Å². The first kappa shape index (κ1) is 16.2. The first-order valence-electron chi connectivity index (χ1n) is 10.8. The van der Waals surface area contributed by atoms with Gasteiger partial charge >= 0.3 is 0 Å². The van der Waals surface area contributed by atoms with E-state index in [0.717, 1.165) is 65.2 Å². The highest BCUT2D eigenvalue weighted by atomic mass is 16.4. The van der Waals surface area contributed by atoms with Crippen molar-refractivity contribution in [2.75, 3.05) is 24.5 Å². The van der Waals surface area contributed by atoms with Crippen molar-refractivity contribution in [2.45, 2.75) is 57.5 Å². The third-order valence-corrected chi connectivity index (χ3v) is 7.74. The molecule has 1 aromatic heterocycles. The Hall–Kier alpha value is -1.81. The zero-order valence-electron chi connectivity index (χ0n) is 16.1. The molecule has 4 heteroatoms. The van der Waals surface area contributed by atoms with Gasteiger partial charge in [-0.05, 0) is 88.1 Å². The van der Waals surface area contributed by atoms with E-state index in [1.54, 1.807) is 0 Å². The third kappa shape index (κ3) is 2.29. The lowest BCUT2D eigenvalue weighted by Gasteiger charge is -2.58. The minimum Gasteiger partial charge on any atom is -0.440 e. The normalized spacial score (nSPS) is 32.7. The predicted molar refractivity (Wildman–Crippen MR) is 107 cm³/mol. The van der Waals surface area contributed by atoms with Crippen LogP contribution in [0.25, 0.3) is 11.0 Å². The van der Waals surface area contributed by atoms with Crippen molar-refractivity contribution >= 4 is 16.9 Å². The lowest BCUT2D eigenvalue weighted by Crippen LogP contribution is -2.65. The molecule has 0 spiro atoms. The van der Waals surface area contributed by atoms with E-state index in [1.165, 1.54) is 38.8 Å². The largest absolute Gasteiger partial charge is 0.440 e. The van der Waals surface area contributed by atoms with Gasteiger partial charge in [-0.1, -0.05) is 6.07 Å². The first-order chi connectivity index (χ1) is 13.2. The number of hydrogen-bond acceptors (Lipinski definition) is 4. The number of benzene rings is 1. The summed E-state index contributed by atoms with van der Waals surface area (Å²) in [5, 5.41) is 0.745. The maximum atomic E-state index is 13.2. The summed E-state index contributed by atoms with van der Waals surface area (Å²) in [4.78, 5) is 18.5. The Kier molecular flexibility index (Phi) is 3.50. The standard InChI is InChI=1S/C23H28N2O2/c1-14-6-7-17-20(12-14)27-23-18(22(17)26)8-9-19-16-5-3-11-24-10-2-4-15(21(16)24)13-25(19)23/h6-7,12,15-16,19,21H,2-5,8-11,13H2,1H3/t15-,16+,19+,21-/m0/s1. The lowest BCUT2D eigenvalue weighted by atomic mass is 9.68. The number of aryl methyl sites for hydroxylation is 1. The number of nitrogens with zero attached hydrogens (tertiary/aromatic N) is 2. The van der Waals surface area contributed by atoms with Crippen LogP contribution in [0.5, 0.6) is 0 Å². The fourth-order valence-electron chi connectivity index (χ4n) is 6.67. The van der Waals surface area contributed by atoms with E-state index in [9.17, 15) is 4.79 Å². The molecule has 142 valence electrons. The minimum atomic E-state index is 0.195. The van der Waals surface area contributed by atoms with E-state index in [1.807, 2.05) is 18.2 Å². The van der Waals surface area contributed by atoms with E-state index in [0.29, 0.717) is 6.04 Å².